The summed E-state index contributed by atoms with van der Waals surface area (Å²) in [5.74, 6) is -0.572. The van der Waals surface area contributed by atoms with E-state index in [4.69, 9.17) is 4.74 Å². The number of aliphatic hydroxyl groups is 1. The molecule has 0 bridgehead atoms. The van der Waals surface area contributed by atoms with Crippen LogP contribution in [0.2, 0.25) is 0 Å². The van der Waals surface area contributed by atoms with Gasteiger partial charge in [0.1, 0.15) is 5.60 Å². The monoisotopic (exact) mass is 282 g/mol. The van der Waals surface area contributed by atoms with Crippen molar-refractivity contribution >= 4 is 5.97 Å². The number of ether oxygens (including phenoxy) is 1. The highest BCUT2D eigenvalue weighted by Gasteiger charge is 2.51. The minimum atomic E-state index is -1.19. The Bertz CT molecular complexity index is 354. The van der Waals surface area contributed by atoms with Crippen molar-refractivity contribution in [3.05, 3.63) is 5.53 Å². The summed E-state index contributed by atoms with van der Waals surface area (Å²) >= 11 is 0. The van der Waals surface area contributed by atoms with Crippen LogP contribution in [-0.2, 0) is 9.53 Å². The summed E-state index contributed by atoms with van der Waals surface area (Å²) < 4.78 is 4.93. The Morgan fingerprint density at radius 2 is 1.80 bits per heavy atom. The standard InChI is InChI=1S/C15H26N2O3/c1-2-20-13(18)12(17-16)15(19)10-8-14(9-11-15)6-4-3-5-7-14/h12,17,19H,2-11H2,1H3. The number of esters is 1. The van der Waals surface area contributed by atoms with Gasteiger partial charge < -0.3 is 20.5 Å². The van der Waals surface area contributed by atoms with E-state index in [1.165, 1.54) is 32.1 Å². The minimum absolute atomic E-state index is 0.247. The molecule has 0 aromatic carbocycles. The van der Waals surface area contributed by atoms with E-state index in [-0.39, 0.29) is 6.61 Å². The first-order valence-corrected chi connectivity index (χ1v) is 7.84. The summed E-state index contributed by atoms with van der Waals surface area (Å²) in [6.45, 7) is 1.96. The van der Waals surface area contributed by atoms with E-state index < -0.39 is 17.6 Å². The van der Waals surface area contributed by atoms with Gasteiger partial charge in [-0.15, -0.1) is 0 Å². The molecule has 0 amide bonds. The van der Waals surface area contributed by atoms with Crippen molar-refractivity contribution in [2.45, 2.75) is 76.4 Å². The Morgan fingerprint density at radius 1 is 1.20 bits per heavy atom. The van der Waals surface area contributed by atoms with E-state index in [0.29, 0.717) is 18.3 Å². The number of nitrogens with zero attached hydrogens (tertiary/aromatic N) is 1. The first kappa shape index (κ1) is 15.4. The number of rotatable bonds is 4. The molecule has 114 valence electrons. The van der Waals surface area contributed by atoms with E-state index in [9.17, 15) is 15.4 Å². The van der Waals surface area contributed by atoms with Crippen LogP contribution in [0, 0.1) is 5.41 Å². The average molecular weight is 282 g/mol. The van der Waals surface area contributed by atoms with Crippen molar-refractivity contribution in [1.29, 1.82) is 0 Å². The molecule has 0 aromatic heterocycles. The zero-order chi connectivity index (χ0) is 14.6. The maximum Gasteiger partial charge on any atom is 0.377 e. The van der Waals surface area contributed by atoms with Crippen LogP contribution in [0.15, 0.2) is 0 Å². The highest BCUT2D eigenvalue weighted by molar-refractivity contribution is 5.75. The molecule has 2 aliphatic rings. The van der Waals surface area contributed by atoms with Gasteiger partial charge >= 0.3 is 5.97 Å². The fourth-order valence-corrected chi connectivity index (χ4v) is 3.92. The van der Waals surface area contributed by atoms with Gasteiger partial charge in [0.2, 0.25) is 0 Å². The molecule has 0 radical (unpaired) electrons. The first-order chi connectivity index (χ1) is 9.55. The molecule has 0 saturated heterocycles. The summed E-state index contributed by atoms with van der Waals surface area (Å²) in [4.78, 5) is 11.8. The zero-order valence-electron chi connectivity index (χ0n) is 12.4. The second kappa shape index (κ2) is 6.20. The summed E-state index contributed by atoms with van der Waals surface area (Å²) in [7, 11) is 0. The first-order valence-electron chi connectivity index (χ1n) is 7.84. The average Bonchev–Trinajstić information content (AvgIpc) is 2.45. The van der Waals surface area contributed by atoms with Crippen LogP contribution in [0.3, 0.4) is 0 Å². The van der Waals surface area contributed by atoms with E-state index >= 15 is 0 Å². The molecule has 1 unspecified atom stereocenters. The Kier molecular flexibility index (Phi) is 4.78. The van der Waals surface area contributed by atoms with Crippen LogP contribution < -0.4 is 5.11 Å². The Balaban J connectivity index is 2.02. The third-order valence-electron chi connectivity index (χ3n) is 5.28. The number of hydrogen-bond acceptors (Lipinski definition) is 3. The van der Waals surface area contributed by atoms with Gasteiger partial charge in [-0.05, 0) is 50.9 Å². The highest BCUT2D eigenvalue weighted by atomic mass is 16.5. The molecule has 2 saturated carbocycles. The third-order valence-corrected chi connectivity index (χ3v) is 5.28. The maximum atomic E-state index is 11.8. The Morgan fingerprint density at radius 3 is 2.30 bits per heavy atom. The third kappa shape index (κ3) is 3.03. The van der Waals surface area contributed by atoms with Crippen molar-refractivity contribution in [3.8, 4) is 0 Å². The minimum Gasteiger partial charge on any atom is -0.508 e. The Labute approximate surface area is 120 Å². The molecular formula is C15H26N2O3. The molecule has 2 rings (SSSR count). The number of carbonyl (C=O) groups is 1. The predicted octanol–water partition coefficient (Wildman–Crippen LogP) is 1.28. The SMILES string of the molecule is CCOC(=O)C([NH+]=[N-])C1(O)CCC2(CCCCC2)CC1. The lowest BCUT2D eigenvalue weighted by Crippen LogP contribution is -2.83. The summed E-state index contributed by atoms with van der Waals surface area (Å²) in [5.41, 5.74) is 8.40. The van der Waals surface area contributed by atoms with Gasteiger partial charge in [0.05, 0.1) is 6.61 Å². The second-order valence-electron chi connectivity index (χ2n) is 6.48. The van der Waals surface area contributed by atoms with Crippen LogP contribution in [-0.4, -0.2) is 29.3 Å². The Hall–Kier alpha value is -0.970. The van der Waals surface area contributed by atoms with E-state index in [0.717, 1.165) is 12.8 Å². The number of nitrogens with one attached hydrogen (secondary N) is 1. The van der Waals surface area contributed by atoms with Gasteiger partial charge in [0.25, 0.3) is 6.04 Å². The topological polar surface area (TPSA) is 82.8 Å². The van der Waals surface area contributed by atoms with E-state index in [1.54, 1.807) is 6.92 Å². The van der Waals surface area contributed by atoms with Gasteiger partial charge in [-0.2, -0.15) is 0 Å². The van der Waals surface area contributed by atoms with E-state index in [1.807, 2.05) is 5.11 Å². The quantitative estimate of drug-likeness (QED) is 0.602. The smallest absolute Gasteiger partial charge is 0.377 e. The fraction of sp³-hybridized carbons (Fsp3) is 0.933. The molecule has 1 atom stereocenters. The van der Waals surface area contributed by atoms with Crippen LogP contribution in [0.1, 0.15) is 64.7 Å². The molecule has 2 aliphatic carbocycles. The molecular weight excluding hydrogens is 256 g/mol. The molecule has 0 heterocycles. The summed E-state index contributed by atoms with van der Waals surface area (Å²) in [6.07, 6.45) is 9.29. The van der Waals surface area contributed by atoms with Gasteiger partial charge in [-0.3, -0.25) is 0 Å². The summed E-state index contributed by atoms with van der Waals surface area (Å²) in [6, 6.07) is -1.04. The maximum absolute atomic E-state index is 11.8. The molecule has 5 nitrogen and oxygen atoms in total. The fourth-order valence-electron chi connectivity index (χ4n) is 3.92. The highest BCUT2D eigenvalue weighted by Crippen LogP contribution is 2.50. The molecule has 2 fully saturated rings. The lowest BCUT2D eigenvalue weighted by atomic mass is 9.61. The zero-order valence-corrected chi connectivity index (χ0v) is 12.4. The van der Waals surface area contributed by atoms with Crippen LogP contribution >= 0.6 is 0 Å². The number of hydrogen-bond donors (Lipinski definition) is 2. The molecule has 20 heavy (non-hydrogen) atoms. The van der Waals surface area contributed by atoms with Crippen molar-refractivity contribution < 1.29 is 19.8 Å². The van der Waals surface area contributed by atoms with Crippen molar-refractivity contribution in [2.75, 3.05) is 6.61 Å². The molecule has 1 spiro atoms. The van der Waals surface area contributed by atoms with Crippen LogP contribution in [0.5, 0.6) is 0 Å². The van der Waals surface area contributed by atoms with Crippen molar-refractivity contribution in [1.82, 2.24) is 0 Å². The lowest BCUT2D eigenvalue weighted by molar-refractivity contribution is -0.538. The van der Waals surface area contributed by atoms with E-state index in [2.05, 4.69) is 0 Å². The molecule has 2 N–H and O–H groups in total. The largest absolute Gasteiger partial charge is 0.508 e. The van der Waals surface area contributed by atoms with Crippen LogP contribution in [0.25, 0.3) is 5.53 Å². The summed E-state index contributed by atoms with van der Waals surface area (Å²) in [5, 5.41) is 12.7. The number of carbonyl (C=O) groups excluding carboxylic acids is 1. The lowest BCUT2D eigenvalue weighted by Gasteiger charge is -2.46. The van der Waals surface area contributed by atoms with Gasteiger partial charge in [0, 0.05) is 0 Å². The van der Waals surface area contributed by atoms with Crippen LogP contribution in [0.4, 0.5) is 0 Å². The van der Waals surface area contributed by atoms with Gasteiger partial charge in [-0.1, -0.05) is 19.3 Å². The van der Waals surface area contributed by atoms with Gasteiger partial charge in [0.15, 0.2) is 0 Å². The van der Waals surface area contributed by atoms with Crippen molar-refractivity contribution in [3.63, 3.8) is 0 Å². The molecule has 0 aliphatic heterocycles. The normalized spacial score (nSPS) is 25.9. The van der Waals surface area contributed by atoms with Gasteiger partial charge in [-0.25, -0.2) is 4.79 Å². The second-order valence-corrected chi connectivity index (χ2v) is 6.48. The van der Waals surface area contributed by atoms with Crippen molar-refractivity contribution in [2.24, 2.45) is 5.41 Å². The molecule has 0 aromatic rings. The molecule has 5 heteroatoms. The predicted molar refractivity (Wildman–Crippen MR) is 73.7 cm³/mol.